The molecule has 2 atom stereocenters. The van der Waals surface area contributed by atoms with Crippen LogP contribution in [0.1, 0.15) is 23.5 Å². The van der Waals surface area contributed by atoms with Crippen molar-refractivity contribution < 1.29 is 4.79 Å². The molecule has 6 heteroatoms. The third-order valence-corrected chi connectivity index (χ3v) is 8.03. The maximum Gasteiger partial charge on any atom is 0.303 e. The predicted molar refractivity (Wildman–Crippen MR) is 158 cm³/mol. The molecular formula is C34H24N4O2. The maximum atomic E-state index is 11.8. The van der Waals surface area contributed by atoms with Crippen molar-refractivity contribution in [2.24, 2.45) is 11.1 Å². The van der Waals surface area contributed by atoms with Crippen LogP contribution in [0.4, 0.5) is 11.4 Å². The van der Waals surface area contributed by atoms with Gasteiger partial charge < -0.3 is 9.47 Å². The molecule has 0 fully saturated rings. The third-order valence-electron chi connectivity index (χ3n) is 8.03. The van der Waals surface area contributed by atoms with E-state index in [2.05, 4.69) is 118 Å². The van der Waals surface area contributed by atoms with Gasteiger partial charge in [-0.1, -0.05) is 60.7 Å². The van der Waals surface area contributed by atoms with E-state index in [1.165, 1.54) is 27.5 Å². The molecule has 6 nitrogen and oxygen atoms in total. The summed E-state index contributed by atoms with van der Waals surface area (Å²) >= 11 is 0. The first-order valence-corrected chi connectivity index (χ1v) is 13.3. The zero-order valence-corrected chi connectivity index (χ0v) is 21.6. The van der Waals surface area contributed by atoms with E-state index in [1.807, 2.05) is 12.1 Å². The molecule has 1 amide bonds. The van der Waals surface area contributed by atoms with Gasteiger partial charge in [0.2, 0.25) is 0 Å². The molecule has 0 radical (unpaired) electrons. The molecule has 0 N–H and O–H groups in total. The number of amides is 1. The highest BCUT2D eigenvalue weighted by molar-refractivity contribution is 6.09. The molecule has 1 aliphatic carbocycles. The highest BCUT2D eigenvalue weighted by atomic mass is 16.3. The molecule has 1 aliphatic heterocycles. The first-order chi connectivity index (χ1) is 19.7. The number of nitrogens with zero attached hydrogens (tertiary/aromatic N) is 4. The normalized spacial score (nSPS) is 16.3. The van der Waals surface area contributed by atoms with Crippen LogP contribution in [-0.2, 0) is 11.2 Å². The van der Waals surface area contributed by atoms with Crippen molar-refractivity contribution in [3.05, 3.63) is 131 Å². The molecule has 5 aromatic rings. The lowest BCUT2D eigenvalue weighted by atomic mass is 9.89. The fourth-order valence-electron chi connectivity index (χ4n) is 6.21. The fraction of sp³-hybridized carbons (Fsp3) is 0.118. The van der Waals surface area contributed by atoms with Gasteiger partial charge in [-0.2, -0.15) is 5.26 Å². The number of fused-ring (bicyclic) bond motifs is 6. The van der Waals surface area contributed by atoms with Crippen molar-refractivity contribution in [3.8, 4) is 11.8 Å². The second kappa shape index (κ2) is 9.48. The summed E-state index contributed by atoms with van der Waals surface area (Å²) in [4.78, 5) is 24.8. The summed E-state index contributed by atoms with van der Waals surface area (Å²) in [6.45, 7) is 0. The molecule has 2 heterocycles. The first kappa shape index (κ1) is 23.8. The SMILES string of the molecule is N#CC(Cc1ccc2c(c1)C1CC=CC=C1N2c1ccc(-n2c3ccccc3c3ccccc32)cc1)C(=O)N=O. The van der Waals surface area contributed by atoms with Crippen molar-refractivity contribution in [3.63, 3.8) is 0 Å². The number of hydrogen-bond donors (Lipinski definition) is 0. The van der Waals surface area contributed by atoms with Crippen molar-refractivity contribution >= 4 is 39.1 Å². The molecule has 192 valence electrons. The zero-order valence-electron chi connectivity index (χ0n) is 21.6. The van der Waals surface area contributed by atoms with E-state index in [0.29, 0.717) is 0 Å². The van der Waals surface area contributed by atoms with Crippen molar-refractivity contribution in [1.82, 2.24) is 4.57 Å². The Morgan fingerprint density at radius 3 is 2.27 bits per heavy atom. The van der Waals surface area contributed by atoms with Gasteiger partial charge in [-0.25, -0.2) is 0 Å². The topological polar surface area (TPSA) is 78.5 Å². The first-order valence-electron chi connectivity index (χ1n) is 13.3. The monoisotopic (exact) mass is 520 g/mol. The number of carbonyl (C=O) groups excluding carboxylic acids is 1. The zero-order chi connectivity index (χ0) is 27.2. The van der Waals surface area contributed by atoms with Gasteiger partial charge in [0.05, 0.1) is 17.1 Å². The van der Waals surface area contributed by atoms with Crippen LogP contribution in [-0.4, -0.2) is 10.5 Å². The smallest absolute Gasteiger partial charge is 0.303 e. The Morgan fingerprint density at radius 1 is 0.925 bits per heavy atom. The summed E-state index contributed by atoms with van der Waals surface area (Å²) in [5, 5.41) is 14.3. The fourth-order valence-corrected chi connectivity index (χ4v) is 6.21. The summed E-state index contributed by atoms with van der Waals surface area (Å²) in [6, 6.07) is 33.6. The lowest BCUT2D eigenvalue weighted by Gasteiger charge is -2.25. The van der Waals surface area contributed by atoms with Crippen LogP contribution >= 0.6 is 0 Å². The van der Waals surface area contributed by atoms with Crippen molar-refractivity contribution in [2.75, 3.05) is 4.90 Å². The van der Waals surface area contributed by atoms with Gasteiger partial charge >= 0.3 is 5.91 Å². The molecule has 7 rings (SSSR count). The van der Waals surface area contributed by atoms with Gasteiger partial charge in [-0.3, -0.25) is 4.79 Å². The Labute approximate surface area is 231 Å². The quantitative estimate of drug-likeness (QED) is 0.221. The summed E-state index contributed by atoms with van der Waals surface area (Å²) in [7, 11) is 0. The molecule has 2 unspecified atom stereocenters. The van der Waals surface area contributed by atoms with Gasteiger partial charge in [0.15, 0.2) is 0 Å². The molecule has 2 aliphatic rings. The minimum atomic E-state index is -1.07. The van der Waals surface area contributed by atoms with E-state index in [1.54, 1.807) is 0 Å². The summed E-state index contributed by atoms with van der Waals surface area (Å²) in [5.74, 6) is -1.81. The van der Waals surface area contributed by atoms with Crippen LogP contribution in [0.25, 0.3) is 27.5 Å². The minimum Gasteiger partial charge on any atom is -0.313 e. The van der Waals surface area contributed by atoms with Gasteiger partial charge in [0.25, 0.3) is 0 Å². The van der Waals surface area contributed by atoms with Crippen molar-refractivity contribution in [1.29, 1.82) is 5.26 Å². The number of aromatic nitrogens is 1. The number of rotatable bonds is 5. The maximum absolute atomic E-state index is 11.8. The lowest BCUT2D eigenvalue weighted by Crippen LogP contribution is -2.14. The number of nitroso groups, excluding NO2 is 1. The number of hydrogen-bond acceptors (Lipinski definition) is 4. The minimum absolute atomic E-state index is 0.170. The van der Waals surface area contributed by atoms with Crippen LogP contribution in [0.5, 0.6) is 0 Å². The highest BCUT2D eigenvalue weighted by Crippen LogP contribution is 2.51. The average molecular weight is 521 g/mol. The number of nitriles is 1. The van der Waals surface area contributed by atoms with Gasteiger partial charge in [0, 0.05) is 44.6 Å². The summed E-state index contributed by atoms with van der Waals surface area (Å²) in [6.07, 6.45) is 7.46. The number of allylic oxidation sites excluding steroid dienone is 4. The summed E-state index contributed by atoms with van der Waals surface area (Å²) in [5.41, 5.74) is 8.80. The molecule has 0 saturated heterocycles. The van der Waals surface area contributed by atoms with E-state index in [4.69, 9.17) is 0 Å². The molecule has 4 aromatic carbocycles. The van der Waals surface area contributed by atoms with E-state index in [-0.39, 0.29) is 12.3 Å². The van der Waals surface area contributed by atoms with Crippen LogP contribution in [0, 0.1) is 22.2 Å². The second-order valence-corrected chi connectivity index (χ2v) is 10.2. The van der Waals surface area contributed by atoms with Crippen LogP contribution in [0.15, 0.2) is 120 Å². The Balaban J connectivity index is 1.29. The Morgan fingerprint density at radius 2 is 1.60 bits per heavy atom. The Kier molecular flexibility index (Phi) is 5.64. The van der Waals surface area contributed by atoms with E-state index in [9.17, 15) is 15.0 Å². The molecule has 0 saturated carbocycles. The van der Waals surface area contributed by atoms with Crippen LogP contribution in [0.3, 0.4) is 0 Å². The number of carbonyl (C=O) groups is 1. The van der Waals surface area contributed by atoms with Gasteiger partial charge in [-0.15, -0.1) is 4.91 Å². The second-order valence-electron chi connectivity index (χ2n) is 10.2. The molecule has 0 bridgehead atoms. The standard InChI is InChI=1S/C34H24N4O2/c35-21-23(34(39)36-40)19-22-13-18-33-29(20-22)28-9-3-6-12-32(28)38(33)25-16-14-24(15-17-25)37-30-10-4-1-7-26(30)27-8-2-5-11-31(27)37/h1-8,10-18,20,23,28H,9,19H2. The Bertz CT molecular complexity index is 1870. The van der Waals surface area contributed by atoms with Crippen LogP contribution in [0.2, 0.25) is 0 Å². The predicted octanol–water partition coefficient (Wildman–Crippen LogP) is 7.84. The number of para-hydroxylation sites is 2. The lowest BCUT2D eigenvalue weighted by molar-refractivity contribution is -0.120. The Hall–Kier alpha value is -5.28. The van der Waals surface area contributed by atoms with Gasteiger partial charge in [0.1, 0.15) is 5.92 Å². The van der Waals surface area contributed by atoms with E-state index < -0.39 is 11.8 Å². The van der Waals surface area contributed by atoms with E-state index >= 15 is 0 Å². The third kappa shape index (κ3) is 3.67. The summed E-state index contributed by atoms with van der Waals surface area (Å²) < 4.78 is 2.31. The van der Waals surface area contributed by atoms with Crippen LogP contribution < -0.4 is 4.90 Å². The largest absolute Gasteiger partial charge is 0.313 e. The molecular weight excluding hydrogens is 496 g/mol. The van der Waals surface area contributed by atoms with Crippen molar-refractivity contribution in [2.45, 2.75) is 18.8 Å². The number of benzene rings is 4. The van der Waals surface area contributed by atoms with Gasteiger partial charge in [-0.05, 0) is 72.5 Å². The number of anilines is 2. The molecule has 0 spiro atoms. The molecule has 1 aromatic heterocycles. The molecule has 40 heavy (non-hydrogen) atoms. The average Bonchev–Trinajstić information content (AvgIpc) is 3.52. The van der Waals surface area contributed by atoms with E-state index in [0.717, 1.165) is 34.6 Å². The highest BCUT2D eigenvalue weighted by Gasteiger charge is 2.35.